The fraction of sp³-hybridized carbons (Fsp3) is 0.0588. The molecule has 0 spiro atoms. The Morgan fingerprint density at radius 1 is 1.13 bits per heavy atom. The van der Waals surface area contributed by atoms with Crippen LogP contribution in [0.1, 0.15) is 11.1 Å². The number of primary amides is 1. The number of nitrogens with two attached hydrogens (primary N) is 1. The molecule has 1 amide bonds. The fourth-order valence-corrected chi connectivity index (χ4v) is 2.20. The number of carbonyl (C=O) groups excluding carboxylic acids is 1. The maximum atomic E-state index is 13.8. The molecule has 0 heterocycles. The lowest BCUT2D eigenvalue weighted by atomic mass is 10.00. The number of rotatable bonds is 5. The normalized spacial score (nSPS) is 11.3. The molecule has 0 fully saturated rings. The quantitative estimate of drug-likeness (QED) is 0.634. The van der Waals surface area contributed by atoms with Gasteiger partial charge < -0.3 is 11.1 Å². The number of allylic oxidation sites excluding steroid dienone is 1. The van der Waals surface area contributed by atoms with E-state index < -0.39 is 23.1 Å². The molecule has 118 valence electrons. The van der Waals surface area contributed by atoms with Crippen LogP contribution < -0.4 is 5.73 Å². The molecule has 2 rings (SSSR count). The molecular weight excluding hydrogens is 322 g/mol. The molecule has 0 bridgehead atoms. The first-order chi connectivity index (χ1) is 10.9. The van der Waals surface area contributed by atoms with Crippen molar-refractivity contribution in [1.29, 1.82) is 5.41 Å². The van der Waals surface area contributed by atoms with Gasteiger partial charge in [0, 0.05) is 17.2 Å². The standard InChI is InChI=1S/C17H13ClF2N2O/c18-11-6-4-10(5-7-11)8-12(21)9-13(17(22)23)16-14(19)2-1-3-15(16)20/h1-7,9,21H,8H2,(H2,22,23)/b13-9-,21-12?. The molecule has 6 heteroatoms. The largest absolute Gasteiger partial charge is 0.366 e. The lowest BCUT2D eigenvalue weighted by molar-refractivity contribution is -0.112. The third kappa shape index (κ3) is 4.23. The van der Waals surface area contributed by atoms with E-state index in [0.717, 1.165) is 23.8 Å². The Morgan fingerprint density at radius 3 is 2.22 bits per heavy atom. The summed E-state index contributed by atoms with van der Waals surface area (Å²) in [7, 11) is 0. The van der Waals surface area contributed by atoms with Crippen molar-refractivity contribution >= 4 is 28.8 Å². The second-order valence-corrected chi connectivity index (χ2v) is 5.28. The monoisotopic (exact) mass is 334 g/mol. The third-order valence-corrected chi connectivity index (χ3v) is 3.38. The SMILES string of the molecule is N=C(/C=C(\C(N)=O)c1c(F)cccc1F)Cc1ccc(Cl)cc1. The molecule has 0 aliphatic rings. The van der Waals surface area contributed by atoms with E-state index in [0.29, 0.717) is 5.02 Å². The van der Waals surface area contributed by atoms with Gasteiger partial charge in [0.2, 0.25) is 5.91 Å². The van der Waals surface area contributed by atoms with E-state index >= 15 is 0 Å². The molecule has 2 aromatic rings. The van der Waals surface area contributed by atoms with E-state index in [1.54, 1.807) is 24.3 Å². The van der Waals surface area contributed by atoms with Crippen LogP contribution in [0.4, 0.5) is 8.78 Å². The smallest absolute Gasteiger partial charge is 0.249 e. The van der Waals surface area contributed by atoms with Crippen LogP contribution in [-0.2, 0) is 11.2 Å². The van der Waals surface area contributed by atoms with Crippen molar-refractivity contribution < 1.29 is 13.6 Å². The number of amides is 1. The van der Waals surface area contributed by atoms with Gasteiger partial charge in [0.1, 0.15) is 11.6 Å². The summed E-state index contributed by atoms with van der Waals surface area (Å²) in [5.41, 5.74) is 5.07. The topological polar surface area (TPSA) is 66.9 Å². The molecule has 2 aromatic carbocycles. The van der Waals surface area contributed by atoms with Crippen molar-refractivity contribution in [3.8, 4) is 0 Å². The van der Waals surface area contributed by atoms with Crippen LogP contribution in [0.3, 0.4) is 0 Å². The van der Waals surface area contributed by atoms with Crippen LogP contribution in [0, 0.1) is 17.0 Å². The van der Waals surface area contributed by atoms with Crippen molar-refractivity contribution in [3.63, 3.8) is 0 Å². The van der Waals surface area contributed by atoms with Gasteiger partial charge >= 0.3 is 0 Å². The van der Waals surface area contributed by atoms with E-state index in [4.69, 9.17) is 22.7 Å². The Bertz CT molecular complexity index is 765. The first kappa shape index (κ1) is 16.8. The van der Waals surface area contributed by atoms with Gasteiger partial charge in [-0.25, -0.2) is 8.78 Å². The highest BCUT2D eigenvalue weighted by Gasteiger charge is 2.18. The minimum Gasteiger partial charge on any atom is -0.366 e. The van der Waals surface area contributed by atoms with E-state index in [2.05, 4.69) is 0 Å². The minimum atomic E-state index is -1.00. The highest BCUT2D eigenvalue weighted by atomic mass is 35.5. The van der Waals surface area contributed by atoms with Gasteiger partial charge in [-0.15, -0.1) is 0 Å². The summed E-state index contributed by atoms with van der Waals surface area (Å²) in [5.74, 6) is -2.82. The molecule has 0 saturated carbocycles. The van der Waals surface area contributed by atoms with E-state index in [9.17, 15) is 13.6 Å². The van der Waals surface area contributed by atoms with E-state index in [1.165, 1.54) is 6.07 Å². The maximum absolute atomic E-state index is 13.8. The number of halogens is 3. The summed E-state index contributed by atoms with van der Waals surface area (Å²) in [5, 5.41) is 8.49. The van der Waals surface area contributed by atoms with Crippen LogP contribution in [0.5, 0.6) is 0 Å². The van der Waals surface area contributed by atoms with E-state index in [1.807, 2.05) is 0 Å². The van der Waals surface area contributed by atoms with Crippen molar-refractivity contribution in [2.75, 3.05) is 0 Å². The number of hydrogen-bond acceptors (Lipinski definition) is 2. The number of hydrogen-bond donors (Lipinski definition) is 2. The van der Waals surface area contributed by atoms with Crippen LogP contribution >= 0.6 is 11.6 Å². The fourth-order valence-electron chi connectivity index (χ4n) is 2.07. The molecule has 0 aliphatic carbocycles. The molecule has 0 unspecified atom stereocenters. The van der Waals surface area contributed by atoms with Gasteiger partial charge in [0.15, 0.2) is 0 Å². The Morgan fingerprint density at radius 2 is 1.70 bits per heavy atom. The van der Waals surface area contributed by atoms with Crippen LogP contribution in [0.2, 0.25) is 5.02 Å². The highest BCUT2D eigenvalue weighted by molar-refractivity contribution is 6.30. The summed E-state index contributed by atoms with van der Waals surface area (Å²) < 4.78 is 27.6. The van der Waals surface area contributed by atoms with Gasteiger partial charge in [-0.1, -0.05) is 29.8 Å². The maximum Gasteiger partial charge on any atom is 0.249 e. The summed E-state index contributed by atoms with van der Waals surface area (Å²) in [6.07, 6.45) is 1.25. The van der Waals surface area contributed by atoms with Crippen molar-refractivity contribution in [1.82, 2.24) is 0 Å². The average Bonchev–Trinajstić information content (AvgIpc) is 2.48. The van der Waals surface area contributed by atoms with Crippen LogP contribution in [-0.4, -0.2) is 11.6 Å². The van der Waals surface area contributed by atoms with Gasteiger partial charge in [0.25, 0.3) is 0 Å². The first-order valence-electron chi connectivity index (χ1n) is 6.66. The number of benzene rings is 2. The van der Waals surface area contributed by atoms with Crippen LogP contribution in [0.25, 0.3) is 5.57 Å². The lowest BCUT2D eigenvalue weighted by Crippen LogP contribution is -2.16. The van der Waals surface area contributed by atoms with Gasteiger partial charge in [0.05, 0.1) is 11.1 Å². The second kappa shape index (κ2) is 7.15. The van der Waals surface area contributed by atoms with Crippen molar-refractivity contribution in [2.45, 2.75) is 6.42 Å². The first-order valence-corrected chi connectivity index (χ1v) is 7.04. The highest BCUT2D eigenvalue weighted by Crippen LogP contribution is 2.22. The zero-order chi connectivity index (χ0) is 17.0. The molecule has 3 N–H and O–H groups in total. The second-order valence-electron chi connectivity index (χ2n) is 4.85. The molecule has 0 radical (unpaired) electrons. The summed E-state index contributed by atoms with van der Waals surface area (Å²) in [4.78, 5) is 11.5. The molecule has 3 nitrogen and oxygen atoms in total. The number of nitrogens with one attached hydrogen (secondary N) is 1. The molecule has 0 aromatic heterocycles. The summed E-state index contributed by atoms with van der Waals surface area (Å²) in [6, 6.07) is 10.0. The zero-order valence-corrected chi connectivity index (χ0v) is 12.7. The number of carbonyl (C=O) groups is 1. The predicted octanol–water partition coefficient (Wildman–Crippen LogP) is 3.75. The van der Waals surface area contributed by atoms with E-state index in [-0.39, 0.29) is 17.7 Å². The van der Waals surface area contributed by atoms with Crippen molar-refractivity contribution in [3.05, 3.63) is 76.3 Å². The Kier molecular flexibility index (Phi) is 5.24. The molecule has 0 saturated heterocycles. The summed E-state index contributed by atoms with van der Waals surface area (Å²) in [6.45, 7) is 0. The van der Waals surface area contributed by atoms with Crippen molar-refractivity contribution in [2.24, 2.45) is 5.73 Å². The van der Waals surface area contributed by atoms with Gasteiger partial charge in [-0.2, -0.15) is 0 Å². The summed E-state index contributed by atoms with van der Waals surface area (Å²) >= 11 is 5.78. The molecular formula is C17H13ClF2N2O. The molecule has 0 aliphatic heterocycles. The zero-order valence-electron chi connectivity index (χ0n) is 11.9. The predicted molar refractivity (Wildman–Crippen MR) is 86.4 cm³/mol. The van der Waals surface area contributed by atoms with Crippen LogP contribution in [0.15, 0.2) is 48.5 Å². The third-order valence-electron chi connectivity index (χ3n) is 3.12. The minimum absolute atomic E-state index is 0.0104. The Hall–Kier alpha value is -2.53. The van der Waals surface area contributed by atoms with Gasteiger partial charge in [-0.3, -0.25) is 4.79 Å². The Labute approximate surface area is 136 Å². The Balaban J connectivity index is 2.34. The molecule has 0 atom stereocenters. The average molecular weight is 335 g/mol. The van der Waals surface area contributed by atoms with Gasteiger partial charge in [-0.05, 0) is 35.9 Å². The molecule has 23 heavy (non-hydrogen) atoms. The lowest BCUT2D eigenvalue weighted by Gasteiger charge is -2.08.